The summed E-state index contributed by atoms with van der Waals surface area (Å²) in [6.07, 6.45) is 3.20. The van der Waals surface area contributed by atoms with Gasteiger partial charge in [-0.1, -0.05) is 23.7 Å². The van der Waals surface area contributed by atoms with Crippen molar-refractivity contribution in [2.24, 2.45) is 7.05 Å². The van der Waals surface area contributed by atoms with Crippen LogP contribution < -0.4 is 10.9 Å². The van der Waals surface area contributed by atoms with E-state index in [1.54, 1.807) is 35.1 Å². The molecular formula is C18H18ClN5O3. The zero-order valence-corrected chi connectivity index (χ0v) is 15.8. The van der Waals surface area contributed by atoms with Gasteiger partial charge in [0.25, 0.3) is 5.56 Å². The number of esters is 1. The fraction of sp³-hybridized carbons (Fsp3) is 0.222. The number of nitrogens with one attached hydrogen (secondary N) is 1. The maximum Gasteiger partial charge on any atom is 0.340 e. The number of methoxy groups -OCH3 is 1. The number of ether oxygens (including phenoxy) is 1. The largest absolute Gasteiger partial charge is 0.465 e. The van der Waals surface area contributed by atoms with E-state index in [4.69, 9.17) is 16.3 Å². The van der Waals surface area contributed by atoms with E-state index in [0.29, 0.717) is 17.9 Å². The Morgan fingerprint density at radius 3 is 2.67 bits per heavy atom. The maximum atomic E-state index is 12.7. The number of hydrogen-bond acceptors (Lipinski definition) is 6. The molecule has 2 aromatic heterocycles. The molecule has 0 atom stereocenters. The molecule has 3 aromatic rings. The lowest BCUT2D eigenvalue weighted by atomic mass is 10.2. The molecular weight excluding hydrogens is 370 g/mol. The van der Waals surface area contributed by atoms with Crippen molar-refractivity contribution >= 4 is 23.3 Å². The minimum Gasteiger partial charge on any atom is -0.465 e. The maximum absolute atomic E-state index is 12.7. The predicted molar refractivity (Wildman–Crippen MR) is 101 cm³/mol. The number of aryl methyl sites for hydroxylation is 1. The molecule has 27 heavy (non-hydrogen) atoms. The van der Waals surface area contributed by atoms with Crippen LogP contribution in [-0.4, -0.2) is 32.6 Å². The molecule has 0 aliphatic carbocycles. The minimum absolute atomic E-state index is 0.0220. The number of anilines is 1. The Bertz CT molecular complexity index is 1060. The van der Waals surface area contributed by atoms with Gasteiger partial charge in [0.1, 0.15) is 5.02 Å². The highest BCUT2D eigenvalue weighted by Gasteiger charge is 2.17. The fourth-order valence-corrected chi connectivity index (χ4v) is 2.77. The van der Waals surface area contributed by atoms with Crippen LogP contribution in [0.4, 0.5) is 5.69 Å². The van der Waals surface area contributed by atoms with Gasteiger partial charge in [0.15, 0.2) is 0 Å². The van der Waals surface area contributed by atoms with Crippen LogP contribution in [0.2, 0.25) is 5.02 Å². The molecule has 0 unspecified atom stereocenters. The van der Waals surface area contributed by atoms with E-state index in [0.717, 1.165) is 15.9 Å². The third-order valence-corrected chi connectivity index (χ3v) is 4.63. The van der Waals surface area contributed by atoms with Gasteiger partial charge >= 0.3 is 5.97 Å². The van der Waals surface area contributed by atoms with Crippen molar-refractivity contribution in [2.45, 2.75) is 13.5 Å². The second-order valence-corrected chi connectivity index (χ2v) is 6.21. The second kappa shape index (κ2) is 7.63. The highest BCUT2D eigenvalue weighted by Crippen LogP contribution is 2.20. The highest BCUT2D eigenvalue weighted by atomic mass is 35.5. The predicted octanol–water partition coefficient (Wildman–Crippen LogP) is 2.33. The van der Waals surface area contributed by atoms with E-state index in [1.807, 2.05) is 14.0 Å². The average molecular weight is 388 g/mol. The van der Waals surface area contributed by atoms with Gasteiger partial charge in [0.05, 0.1) is 36.4 Å². The summed E-state index contributed by atoms with van der Waals surface area (Å²) in [7, 11) is 3.13. The molecule has 0 fully saturated rings. The molecule has 0 saturated heterocycles. The first kappa shape index (κ1) is 18.7. The molecule has 140 valence electrons. The van der Waals surface area contributed by atoms with Gasteiger partial charge in [-0.3, -0.25) is 9.48 Å². The van der Waals surface area contributed by atoms with E-state index in [2.05, 4.69) is 15.5 Å². The number of halogens is 1. The molecule has 3 rings (SSSR count). The molecule has 9 heteroatoms. The Labute approximate surface area is 160 Å². The summed E-state index contributed by atoms with van der Waals surface area (Å²) in [6.45, 7) is 2.40. The Hall–Kier alpha value is -3.13. The molecule has 0 saturated carbocycles. The summed E-state index contributed by atoms with van der Waals surface area (Å²) < 4.78 is 7.60. The van der Waals surface area contributed by atoms with Crippen LogP contribution in [0.5, 0.6) is 0 Å². The van der Waals surface area contributed by atoms with Gasteiger partial charge in [0, 0.05) is 24.8 Å². The number of nitrogens with zero attached hydrogens (tertiary/aromatic N) is 4. The Balaban J connectivity index is 1.94. The van der Waals surface area contributed by atoms with Crippen molar-refractivity contribution in [3.8, 4) is 5.69 Å². The van der Waals surface area contributed by atoms with Crippen molar-refractivity contribution in [3.05, 3.63) is 68.9 Å². The molecule has 2 heterocycles. The quantitative estimate of drug-likeness (QED) is 0.675. The Morgan fingerprint density at radius 1 is 1.26 bits per heavy atom. The first-order chi connectivity index (χ1) is 12.9. The van der Waals surface area contributed by atoms with Gasteiger partial charge in [-0.25, -0.2) is 4.79 Å². The summed E-state index contributed by atoms with van der Waals surface area (Å²) in [5.74, 6) is -0.565. The van der Waals surface area contributed by atoms with Crippen molar-refractivity contribution in [1.29, 1.82) is 0 Å². The molecule has 8 nitrogen and oxygen atoms in total. The van der Waals surface area contributed by atoms with E-state index in [-0.39, 0.29) is 10.6 Å². The van der Waals surface area contributed by atoms with Crippen molar-refractivity contribution in [1.82, 2.24) is 19.6 Å². The van der Waals surface area contributed by atoms with Crippen molar-refractivity contribution < 1.29 is 9.53 Å². The molecule has 0 radical (unpaired) electrons. The van der Waals surface area contributed by atoms with E-state index in [9.17, 15) is 9.59 Å². The Kier molecular flexibility index (Phi) is 5.27. The number of carbonyl (C=O) groups excluding carboxylic acids is 1. The lowest BCUT2D eigenvalue weighted by Gasteiger charge is -2.12. The van der Waals surface area contributed by atoms with Gasteiger partial charge < -0.3 is 10.1 Å². The molecule has 0 aliphatic heterocycles. The highest BCUT2D eigenvalue weighted by molar-refractivity contribution is 6.32. The summed E-state index contributed by atoms with van der Waals surface area (Å²) in [5, 5.41) is 11.4. The molecule has 0 aliphatic rings. The van der Waals surface area contributed by atoms with Crippen LogP contribution in [0.1, 0.15) is 21.6 Å². The third kappa shape index (κ3) is 3.56. The van der Waals surface area contributed by atoms with Gasteiger partial charge in [-0.05, 0) is 19.1 Å². The number of carbonyl (C=O) groups is 1. The summed E-state index contributed by atoms with van der Waals surface area (Å²) >= 11 is 6.25. The van der Waals surface area contributed by atoms with E-state index < -0.39 is 11.5 Å². The summed E-state index contributed by atoms with van der Waals surface area (Å²) in [4.78, 5) is 24.6. The van der Waals surface area contributed by atoms with E-state index in [1.165, 1.54) is 13.3 Å². The molecule has 1 N–H and O–H groups in total. The van der Waals surface area contributed by atoms with Crippen molar-refractivity contribution in [2.75, 3.05) is 12.4 Å². The minimum atomic E-state index is -0.565. The topological polar surface area (TPSA) is 91.0 Å². The van der Waals surface area contributed by atoms with Gasteiger partial charge in [-0.2, -0.15) is 14.9 Å². The van der Waals surface area contributed by atoms with Crippen LogP contribution in [0, 0.1) is 6.92 Å². The molecule has 1 aromatic carbocycles. The van der Waals surface area contributed by atoms with Crippen LogP contribution in [-0.2, 0) is 18.3 Å². The lowest BCUT2D eigenvalue weighted by molar-refractivity contribution is 0.0600. The third-order valence-electron chi connectivity index (χ3n) is 4.26. The Morgan fingerprint density at radius 2 is 2.00 bits per heavy atom. The van der Waals surface area contributed by atoms with Crippen LogP contribution in [0.15, 0.2) is 41.5 Å². The normalized spacial score (nSPS) is 10.7. The van der Waals surface area contributed by atoms with E-state index >= 15 is 0 Å². The number of benzene rings is 1. The molecule has 0 amide bonds. The second-order valence-electron chi connectivity index (χ2n) is 5.83. The van der Waals surface area contributed by atoms with Crippen LogP contribution in [0.25, 0.3) is 5.69 Å². The number of hydrogen-bond donors (Lipinski definition) is 1. The number of rotatable bonds is 5. The number of para-hydroxylation sites is 1. The summed E-state index contributed by atoms with van der Waals surface area (Å²) in [6, 6.07) is 6.53. The first-order valence-electron chi connectivity index (χ1n) is 8.11. The molecule has 0 bridgehead atoms. The lowest BCUT2D eigenvalue weighted by Crippen LogP contribution is -2.24. The molecule has 0 spiro atoms. The zero-order chi connectivity index (χ0) is 19.6. The van der Waals surface area contributed by atoms with Crippen LogP contribution >= 0.6 is 11.6 Å². The van der Waals surface area contributed by atoms with Gasteiger partial charge in [-0.15, -0.1) is 0 Å². The number of aromatic nitrogens is 4. The monoisotopic (exact) mass is 387 g/mol. The van der Waals surface area contributed by atoms with Gasteiger partial charge in [0.2, 0.25) is 0 Å². The standard InChI is InChI=1S/C18H18ClN5O3/c1-11-12(9-21-23(11)2)8-20-14-10-22-24(17(25)16(14)19)15-7-5-4-6-13(15)18(26)27-3/h4-7,9-10,20H,8H2,1-3H3. The van der Waals surface area contributed by atoms with Crippen LogP contribution in [0.3, 0.4) is 0 Å². The average Bonchev–Trinajstić information content (AvgIpc) is 3.00. The zero-order valence-electron chi connectivity index (χ0n) is 15.1. The summed E-state index contributed by atoms with van der Waals surface area (Å²) in [5.41, 5.74) is 2.36. The smallest absolute Gasteiger partial charge is 0.340 e. The first-order valence-corrected chi connectivity index (χ1v) is 8.48. The SMILES string of the molecule is COC(=O)c1ccccc1-n1ncc(NCc2cnn(C)c2C)c(Cl)c1=O. The fourth-order valence-electron chi connectivity index (χ4n) is 2.58. The van der Waals surface area contributed by atoms with Crippen molar-refractivity contribution in [3.63, 3.8) is 0 Å².